The molecule has 0 N–H and O–H groups in total. The van der Waals surface area contributed by atoms with Crippen molar-refractivity contribution in [1.82, 2.24) is 9.80 Å². The zero-order valence-corrected chi connectivity index (χ0v) is 16.4. The number of hydrogen-bond acceptors (Lipinski definition) is 4. The van der Waals surface area contributed by atoms with Crippen molar-refractivity contribution < 1.29 is 9.59 Å². The van der Waals surface area contributed by atoms with Gasteiger partial charge in [-0.25, -0.2) is 0 Å². The number of amides is 2. The van der Waals surface area contributed by atoms with Gasteiger partial charge in [0.2, 0.25) is 5.91 Å². The molecule has 146 valence electrons. The van der Waals surface area contributed by atoms with Gasteiger partial charge in [-0.1, -0.05) is 55.5 Å². The van der Waals surface area contributed by atoms with Crippen LogP contribution in [0.25, 0.3) is 0 Å². The van der Waals surface area contributed by atoms with E-state index in [9.17, 15) is 9.59 Å². The van der Waals surface area contributed by atoms with E-state index in [1.807, 2.05) is 43.3 Å². The largest absolute Gasteiger partial charge is 0.338 e. The van der Waals surface area contributed by atoms with E-state index in [-0.39, 0.29) is 11.8 Å². The Morgan fingerprint density at radius 2 is 1.57 bits per heavy atom. The van der Waals surface area contributed by atoms with Crippen molar-refractivity contribution in [3.63, 3.8) is 0 Å². The molecule has 0 saturated carbocycles. The Balaban J connectivity index is 1.56. The first-order valence-corrected chi connectivity index (χ1v) is 10.1. The molecule has 0 aliphatic carbocycles. The van der Waals surface area contributed by atoms with E-state index in [0.717, 1.165) is 38.2 Å². The van der Waals surface area contributed by atoms with Gasteiger partial charge >= 0.3 is 0 Å². The molecule has 0 atom stereocenters. The van der Waals surface area contributed by atoms with E-state index in [1.54, 1.807) is 0 Å². The number of imide groups is 1. The van der Waals surface area contributed by atoms with Crippen LogP contribution < -0.4 is 4.90 Å². The SMILES string of the molecule is CCC(=O)N1CN(c2ccccc2)C2(CCN(Cc3ccccc3)CC2)C1=O. The molecule has 2 amide bonds. The van der Waals surface area contributed by atoms with E-state index in [2.05, 4.69) is 34.1 Å². The second-order valence-electron chi connectivity index (χ2n) is 7.68. The minimum Gasteiger partial charge on any atom is -0.338 e. The number of nitrogens with zero attached hydrogens (tertiary/aromatic N) is 3. The molecule has 0 unspecified atom stereocenters. The maximum atomic E-state index is 13.4. The van der Waals surface area contributed by atoms with Crippen molar-refractivity contribution in [2.45, 2.75) is 38.3 Å². The van der Waals surface area contributed by atoms with E-state index in [0.29, 0.717) is 13.1 Å². The topological polar surface area (TPSA) is 43.9 Å². The Kier molecular flexibility index (Phi) is 5.18. The van der Waals surface area contributed by atoms with Crippen molar-refractivity contribution >= 4 is 17.5 Å². The average Bonchev–Trinajstić information content (AvgIpc) is 3.03. The number of rotatable bonds is 4. The standard InChI is InChI=1S/C23H27N3O2/c1-2-21(27)25-18-26(20-11-7-4-8-12-20)23(22(25)28)13-15-24(16-14-23)17-19-9-5-3-6-10-19/h3-12H,2,13-18H2,1H3. The van der Waals surface area contributed by atoms with Crippen LogP contribution in [-0.2, 0) is 16.1 Å². The Labute approximate surface area is 166 Å². The second-order valence-corrected chi connectivity index (χ2v) is 7.68. The van der Waals surface area contributed by atoms with Crippen LogP contribution >= 0.6 is 0 Å². The van der Waals surface area contributed by atoms with Crippen molar-refractivity contribution in [2.75, 3.05) is 24.7 Å². The molecule has 2 saturated heterocycles. The summed E-state index contributed by atoms with van der Waals surface area (Å²) in [5, 5.41) is 0. The fourth-order valence-corrected chi connectivity index (χ4v) is 4.43. The summed E-state index contributed by atoms with van der Waals surface area (Å²) in [7, 11) is 0. The predicted octanol–water partition coefficient (Wildman–Crippen LogP) is 3.26. The first kappa shape index (κ1) is 18.7. The molecule has 2 aliphatic rings. The number of carbonyl (C=O) groups is 2. The molecular formula is C23H27N3O2. The third kappa shape index (κ3) is 3.31. The highest BCUT2D eigenvalue weighted by molar-refractivity contribution is 6.04. The minimum atomic E-state index is -0.612. The van der Waals surface area contributed by atoms with Crippen LogP contribution in [0.4, 0.5) is 5.69 Å². The molecule has 5 nitrogen and oxygen atoms in total. The fourth-order valence-electron chi connectivity index (χ4n) is 4.43. The molecule has 0 bridgehead atoms. The number of anilines is 1. The zero-order valence-electron chi connectivity index (χ0n) is 16.4. The van der Waals surface area contributed by atoms with Gasteiger partial charge in [0.15, 0.2) is 0 Å². The van der Waals surface area contributed by atoms with E-state index >= 15 is 0 Å². The molecule has 0 aromatic heterocycles. The Morgan fingerprint density at radius 3 is 2.18 bits per heavy atom. The van der Waals surface area contributed by atoms with Gasteiger partial charge < -0.3 is 4.90 Å². The Bertz CT molecular complexity index is 829. The maximum absolute atomic E-state index is 13.4. The zero-order chi connectivity index (χ0) is 19.6. The molecule has 1 spiro atoms. The second kappa shape index (κ2) is 7.76. The molecule has 5 heteroatoms. The number of piperidine rings is 1. The molecule has 28 heavy (non-hydrogen) atoms. The van der Waals surface area contributed by atoms with Crippen LogP contribution in [0.2, 0.25) is 0 Å². The van der Waals surface area contributed by atoms with Gasteiger partial charge in [-0.05, 0) is 30.5 Å². The minimum absolute atomic E-state index is 0.0254. The van der Waals surface area contributed by atoms with Gasteiger partial charge in [0, 0.05) is 31.7 Å². The molecule has 0 radical (unpaired) electrons. The van der Waals surface area contributed by atoms with Crippen LogP contribution in [-0.4, -0.2) is 46.9 Å². The van der Waals surface area contributed by atoms with Crippen molar-refractivity contribution in [1.29, 1.82) is 0 Å². The summed E-state index contributed by atoms with van der Waals surface area (Å²) < 4.78 is 0. The van der Waals surface area contributed by atoms with E-state index < -0.39 is 5.54 Å². The third-order valence-electron chi connectivity index (χ3n) is 6.05. The lowest BCUT2D eigenvalue weighted by atomic mass is 9.85. The van der Waals surface area contributed by atoms with Gasteiger partial charge in [0.1, 0.15) is 12.2 Å². The van der Waals surface area contributed by atoms with Crippen LogP contribution in [0.5, 0.6) is 0 Å². The molecule has 2 aromatic carbocycles. The van der Waals surface area contributed by atoms with Crippen molar-refractivity contribution in [3.05, 3.63) is 66.2 Å². The quantitative estimate of drug-likeness (QED) is 0.820. The Hall–Kier alpha value is -2.66. The fraction of sp³-hybridized carbons (Fsp3) is 0.391. The highest BCUT2D eigenvalue weighted by atomic mass is 16.2. The first-order valence-electron chi connectivity index (χ1n) is 10.1. The summed E-state index contributed by atoms with van der Waals surface area (Å²) in [5.41, 5.74) is 1.69. The number of likely N-dealkylation sites (tertiary alicyclic amines) is 1. The summed E-state index contributed by atoms with van der Waals surface area (Å²) >= 11 is 0. The predicted molar refractivity (Wildman–Crippen MR) is 110 cm³/mol. The van der Waals surface area contributed by atoms with Crippen LogP contribution in [0.3, 0.4) is 0 Å². The molecule has 2 aromatic rings. The van der Waals surface area contributed by atoms with Crippen LogP contribution in [0.15, 0.2) is 60.7 Å². The maximum Gasteiger partial charge on any atom is 0.256 e. The van der Waals surface area contributed by atoms with Crippen molar-refractivity contribution in [3.8, 4) is 0 Å². The van der Waals surface area contributed by atoms with Gasteiger partial charge in [-0.2, -0.15) is 0 Å². The molecule has 2 heterocycles. The highest BCUT2D eigenvalue weighted by Gasteiger charge is 2.54. The smallest absolute Gasteiger partial charge is 0.256 e. The number of hydrogen-bond donors (Lipinski definition) is 0. The normalized spacial score (nSPS) is 19.4. The van der Waals surface area contributed by atoms with Gasteiger partial charge in [0.25, 0.3) is 5.91 Å². The van der Waals surface area contributed by atoms with Gasteiger partial charge in [-0.3, -0.25) is 19.4 Å². The number of para-hydroxylation sites is 1. The summed E-state index contributed by atoms with van der Waals surface area (Å²) in [6, 6.07) is 20.5. The van der Waals surface area contributed by atoms with Gasteiger partial charge in [0.05, 0.1) is 0 Å². The van der Waals surface area contributed by atoms with E-state index in [4.69, 9.17) is 0 Å². The number of carbonyl (C=O) groups excluding carboxylic acids is 2. The average molecular weight is 377 g/mol. The Morgan fingerprint density at radius 1 is 0.964 bits per heavy atom. The molecule has 2 fully saturated rings. The lowest BCUT2D eigenvalue weighted by Crippen LogP contribution is -2.56. The summed E-state index contributed by atoms with van der Waals surface area (Å²) in [6.45, 7) is 4.76. The van der Waals surface area contributed by atoms with Crippen LogP contribution in [0.1, 0.15) is 31.7 Å². The third-order valence-corrected chi connectivity index (χ3v) is 6.05. The summed E-state index contributed by atoms with van der Waals surface area (Å²) in [6.07, 6.45) is 1.83. The lowest BCUT2D eigenvalue weighted by molar-refractivity contribution is -0.144. The van der Waals surface area contributed by atoms with Crippen LogP contribution in [0, 0.1) is 0 Å². The first-order chi connectivity index (χ1) is 13.6. The van der Waals surface area contributed by atoms with E-state index in [1.165, 1.54) is 10.5 Å². The van der Waals surface area contributed by atoms with Gasteiger partial charge in [-0.15, -0.1) is 0 Å². The lowest BCUT2D eigenvalue weighted by Gasteiger charge is -2.43. The van der Waals surface area contributed by atoms with Crippen molar-refractivity contribution in [2.24, 2.45) is 0 Å². The molecule has 4 rings (SSSR count). The molecular weight excluding hydrogens is 350 g/mol. The summed E-state index contributed by atoms with van der Waals surface area (Å²) in [4.78, 5) is 31.8. The highest BCUT2D eigenvalue weighted by Crippen LogP contribution is 2.39. The molecule has 2 aliphatic heterocycles. The number of benzene rings is 2. The monoisotopic (exact) mass is 377 g/mol. The summed E-state index contributed by atoms with van der Waals surface area (Å²) in [5.74, 6) is -0.114.